The van der Waals surface area contributed by atoms with Gasteiger partial charge in [-0.3, -0.25) is 0 Å². The van der Waals surface area contributed by atoms with Gasteiger partial charge in [0.15, 0.2) is 0 Å². The van der Waals surface area contributed by atoms with E-state index in [4.69, 9.17) is 4.42 Å². The molecule has 0 bridgehead atoms. The second-order valence-electron chi connectivity index (χ2n) is 4.87. The van der Waals surface area contributed by atoms with E-state index in [1.807, 2.05) is 12.1 Å². The first-order chi connectivity index (χ1) is 9.72. The van der Waals surface area contributed by atoms with E-state index in [1.54, 1.807) is 24.6 Å². The van der Waals surface area contributed by atoms with Crippen LogP contribution in [0.15, 0.2) is 53.3 Å². The van der Waals surface area contributed by atoms with Gasteiger partial charge in [0, 0.05) is 12.2 Å². The van der Waals surface area contributed by atoms with Crippen molar-refractivity contribution in [3.05, 3.63) is 60.2 Å². The van der Waals surface area contributed by atoms with Gasteiger partial charge < -0.3 is 9.73 Å². The summed E-state index contributed by atoms with van der Waals surface area (Å²) in [5, 5.41) is 4.34. The molecule has 3 nitrogen and oxygen atoms in total. The van der Waals surface area contributed by atoms with Crippen molar-refractivity contribution in [1.29, 1.82) is 0 Å². The first-order valence-corrected chi connectivity index (χ1v) is 6.55. The molecular weight excluding hydrogens is 255 g/mol. The number of hydrogen-bond donors (Lipinski definition) is 1. The summed E-state index contributed by atoms with van der Waals surface area (Å²) in [6.45, 7) is 2.07. The van der Waals surface area contributed by atoms with Crippen LogP contribution < -0.4 is 5.32 Å². The quantitative estimate of drug-likeness (QED) is 0.778. The summed E-state index contributed by atoms with van der Waals surface area (Å²) in [5.74, 6) is 0.602. The minimum absolute atomic E-state index is 0.188. The van der Waals surface area contributed by atoms with Crippen LogP contribution in [0.2, 0.25) is 0 Å². The van der Waals surface area contributed by atoms with Crippen molar-refractivity contribution in [3.8, 4) is 0 Å². The topological polar surface area (TPSA) is 38.1 Å². The Labute approximate surface area is 116 Å². The molecule has 0 saturated carbocycles. The second-order valence-corrected chi connectivity index (χ2v) is 4.87. The molecule has 1 aromatic carbocycles. The summed E-state index contributed by atoms with van der Waals surface area (Å²) in [7, 11) is 0. The first kappa shape index (κ1) is 12.7. The molecule has 102 valence electrons. The maximum absolute atomic E-state index is 12.9. The van der Waals surface area contributed by atoms with Crippen LogP contribution in [0.3, 0.4) is 0 Å². The molecule has 1 N–H and O–H groups in total. The van der Waals surface area contributed by atoms with Gasteiger partial charge in [0.05, 0.1) is 11.6 Å². The van der Waals surface area contributed by atoms with Crippen LogP contribution in [0.25, 0.3) is 11.0 Å². The summed E-state index contributed by atoms with van der Waals surface area (Å²) in [6, 6.07) is 10.5. The predicted octanol–water partition coefficient (Wildman–Crippen LogP) is 4.01. The van der Waals surface area contributed by atoms with Gasteiger partial charge in [0.25, 0.3) is 0 Å². The van der Waals surface area contributed by atoms with E-state index in [2.05, 4.69) is 17.2 Å². The molecule has 1 atom stereocenters. The molecule has 0 radical (unpaired) electrons. The molecule has 0 aliphatic heterocycles. The zero-order valence-electron chi connectivity index (χ0n) is 11.1. The van der Waals surface area contributed by atoms with Gasteiger partial charge in [-0.15, -0.1) is 0 Å². The highest BCUT2D eigenvalue weighted by Gasteiger charge is 2.09. The Balaban J connectivity index is 1.74. The van der Waals surface area contributed by atoms with Crippen LogP contribution in [0.5, 0.6) is 0 Å². The van der Waals surface area contributed by atoms with E-state index in [1.165, 1.54) is 12.1 Å². The molecule has 0 saturated heterocycles. The molecule has 0 amide bonds. The van der Waals surface area contributed by atoms with Gasteiger partial charge in [0.1, 0.15) is 17.2 Å². The van der Waals surface area contributed by atoms with Crippen molar-refractivity contribution in [2.75, 3.05) is 5.32 Å². The van der Waals surface area contributed by atoms with E-state index in [-0.39, 0.29) is 11.9 Å². The number of furan rings is 1. The fraction of sp³-hybridized carbons (Fsp3) is 0.188. The smallest absolute Gasteiger partial charge is 0.139 e. The van der Waals surface area contributed by atoms with Crippen LogP contribution in [0.4, 0.5) is 10.2 Å². The molecule has 2 heterocycles. The number of halogens is 1. The normalized spacial score (nSPS) is 12.5. The highest BCUT2D eigenvalue weighted by atomic mass is 19.1. The highest BCUT2D eigenvalue weighted by Crippen LogP contribution is 2.22. The lowest BCUT2D eigenvalue weighted by atomic mass is 10.1. The van der Waals surface area contributed by atoms with Gasteiger partial charge in [-0.05, 0) is 43.2 Å². The minimum atomic E-state index is -0.209. The third kappa shape index (κ3) is 2.64. The van der Waals surface area contributed by atoms with Crippen LogP contribution >= 0.6 is 0 Å². The average Bonchev–Trinajstić information content (AvgIpc) is 2.91. The van der Waals surface area contributed by atoms with E-state index in [9.17, 15) is 4.39 Å². The highest BCUT2D eigenvalue weighted by molar-refractivity contribution is 5.87. The van der Waals surface area contributed by atoms with Crippen LogP contribution in [0, 0.1) is 5.82 Å². The van der Waals surface area contributed by atoms with Crippen LogP contribution in [-0.2, 0) is 6.42 Å². The number of anilines is 1. The number of benzene rings is 1. The lowest BCUT2D eigenvalue weighted by molar-refractivity contribution is 0.615. The van der Waals surface area contributed by atoms with Gasteiger partial charge in [-0.25, -0.2) is 9.37 Å². The number of fused-ring (bicyclic) bond motifs is 1. The van der Waals surface area contributed by atoms with E-state index < -0.39 is 0 Å². The van der Waals surface area contributed by atoms with Crippen molar-refractivity contribution < 1.29 is 8.81 Å². The van der Waals surface area contributed by atoms with Crippen molar-refractivity contribution in [1.82, 2.24) is 4.98 Å². The Bertz CT molecular complexity index is 706. The minimum Gasteiger partial charge on any atom is -0.464 e. The number of hydrogen-bond acceptors (Lipinski definition) is 3. The molecule has 3 aromatic rings. The third-order valence-corrected chi connectivity index (χ3v) is 3.22. The van der Waals surface area contributed by atoms with E-state index in [0.717, 1.165) is 28.8 Å². The maximum Gasteiger partial charge on any atom is 0.139 e. The summed E-state index contributed by atoms with van der Waals surface area (Å²) >= 11 is 0. The number of aromatic nitrogens is 1. The zero-order chi connectivity index (χ0) is 13.9. The summed E-state index contributed by atoms with van der Waals surface area (Å²) in [4.78, 5) is 4.34. The SMILES string of the molecule is CC(Cc1ccc(F)cc1)Nc1nccc2occc12. The fourth-order valence-electron chi connectivity index (χ4n) is 2.27. The molecule has 0 aliphatic carbocycles. The Hall–Kier alpha value is -2.36. The fourth-order valence-corrected chi connectivity index (χ4v) is 2.27. The molecular formula is C16H15FN2O. The lowest BCUT2D eigenvalue weighted by Crippen LogP contribution is -2.18. The average molecular weight is 270 g/mol. The molecule has 3 rings (SSSR count). The zero-order valence-corrected chi connectivity index (χ0v) is 11.1. The molecule has 2 aromatic heterocycles. The van der Waals surface area contributed by atoms with E-state index >= 15 is 0 Å². The molecule has 4 heteroatoms. The number of rotatable bonds is 4. The van der Waals surface area contributed by atoms with Crippen molar-refractivity contribution in [2.24, 2.45) is 0 Å². The maximum atomic E-state index is 12.9. The van der Waals surface area contributed by atoms with Gasteiger partial charge in [0.2, 0.25) is 0 Å². The monoisotopic (exact) mass is 270 g/mol. The summed E-state index contributed by atoms with van der Waals surface area (Å²) in [6.07, 6.45) is 4.18. The molecule has 0 aliphatic rings. The van der Waals surface area contributed by atoms with Crippen molar-refractivity contribution in [3.63, 3.8) is 0 Å². The van der Waals surface area contributed by atoms with E-state index in [0.29, 0.717) is 0 Å². The summed E-state index contributed by atoms with van der Waals surface area (Å²) < 4.78 is 18.2. The lowest BCUT2D eigenvalue weighted by Gasteiger charge is -2.15. The number of nitrogens with zero attached hydrogens (tertiary/aromatic N) is 1. The predicted molar refractivity (Wildman–Crippen MR) is 77.2 cm³/mol. The Morgan fingerprint density at radius 2 is 2.00 bits per heavy atom. The van der Waals surface area contributed by atoms with Crippen LogP contribution in [-0.4, -0.2) is 11.0 Å². The first-order valence-electron chi connectivity index (χ1n) is 6.55. The molecule has 0 spiro atoms. The number of pyridine rings is 1. The standard InChI is InChI=1S/C16H15FN2O/c1-11(10-12-2-4-13(17)5-3-12)19-16-14-7-9-20-15(14)6-8-18-16/h2-9,11H,10H2,1H3,(H,18,19). The second kappa shape index (κ2) is 5.33. The third-order valence-electron chi connectivity index (χ3n) is 3.22. The summed E-state index contributed by atoms with van der Waals surface area (Å²) in [5.41, 5.74) is 1.90. The van der Waals surface area contributed by atoms with Gasteiger partial charge >= 0.3 is 0 Å². The Kier molecular flexibility index (Phi) is 3.37. The number of nitrogens with one attached hydrogen (secondary N) is 1. The van der Waals surface area contributed by atoms with Gasteiger partial charge in [-0.2, -0.15) is 0 Å². The largest absolute Gasteiger partial charge is 0.464 e. The van der Waals surface area contributed by atoms with Crippen LogP contribution in [0.1, 0.15) is 12.5 Å². The van der Waals surface area contributed by atoms with Gasteiger partial charge in [-0.1, -0.05) is 12.1 Å². The molecule has 1 unspecified atom stereocenters. The Morgan fingerprint density at radius 1 is 1.20 bits per heavy atom. The molecule has 0 fully saturated rings. The van der Waals surface area contributed by atoms with Crippen molar-refractivity contribution >= 4 is 16.8 Å². The molecule has 20 heavy (non-hydrogen) atoms. The van der Waals surface area contributed by atoms with Crippen molar-refractivity contribution in [2.45, 2.75) is 19.4 Å². The Morgan fingerprint density at radius 3 is 2.80 bits per heavy atom.